The highest BCUT2D eigenvalue weighted by Gasteiger charge is 2.12. The summed E-state index contributed by atoms with van der Waals surface area (Å²) >= 11 is 7.40. The number of nitrogens with one attached hydrogen (secondary N) is 1. The number of hydrogen-bond acceptors (Lipinski definition) is 5. The third-order valence-corrected chi connectivity index (χ3v) is 5.23. The summed E-state index contributed by atoms with van der Waals surface area (Å²) in [5.74, 6) is 0.679. The molecule has 4 rings (SSSR count). The minimum atomic E-state index is -0.469. The molecule has 0 radical (unpaired) electrons. The molecular weight excluding hydrogens is 403 g/mol. The molecule has 4 aromatic rings. The number of fused-ring (bicyclic) bond motifs is 1. The van der Waals surface area contributed by atoms with E-state index < -0.39 is 5.82 Å². The SMILES string of the molecule is O=C(COc1ccc(F)cc1Cl)NCc1ccc(-c2nc3ccccc3s2)o1. The summed E-state index contributed by atoms with van der Waals surface area (Å²) in [6.07, 6.45) is 0. The molecule has 2 heterocycles. The zero-order valence-corrected chi connectivity index (χ0v) is 16.0. The van der Waals surface area contributed by atoms with Crippen LogP contribution in [0.15, 0.2) is 59.0 Å². The Morgan fingerprint density at radius 1 is 1.21 bits per heavy atom. The van der Waals surface area contributed by atoms with Crippen LogP contribution in [0.3, 0.4) is 0 Å². The van der Waals surface area contributed by atoms with E-state index in [1.165, 1.54) is 12.1 Å². The van der Waals surface area contributed by atoms with Crippen LogP contribution in [-0.2, 0) is 11.3 Å². The Morgan fingerprint density at radius 2 is 2.07 bits per heavy atom. The van der Waals surface area contributed by atoms with Crippen molar-refractivity contribution in [2.75, 3.05) is 6.61 Å². The molecule has 0 aliphatic heterocycles. The minimum Gasteiger partial charge on any atom is -0.482 e. The Bertz CT molecular complexity index is 1110. The predicted molar refractivity (Wildman–Crippen MR) is 106 cm³/mol. The Labute approximate surface area is 168 Å². The average molecular weight is 417 g/mol. The van der Waals surface area contributed by atoms with Crippen LogP contribution in [0.4, 0.5) is 4.39 Å². The van der Waals surface area contributed by atoms with E-state index in [4.69, 9.17) is 20.8 Å². The van der Waals surface area contributed by atoms with Gasteiger partial charge in [-0.15, -0.1) is 11.3 Å². The molecule has 0 aliphatic rings. The highest BCUT2D eigenvalue weighted by Crippen LogP contribution is 2.31. The highest BCUT2D eigenvalue weighted by molar-refractivity contribution is 7.21. The highest BCUT2D eigenvalue weighted by atomic mass is 35.5. The van der Waals surface area contributed by atoms with Crippen molar-refractivity contribution in [3.8, 4) is 16.5 Å². The fourth-order valence-electron chi connectivity index (χ4n) is 2.54. The molecule has 0 saturated carbocycles. The molecule has 5 nitrogen and oxygen atoms in total. The van der Waals surface area contributed by atoms with E-state index in [1.54, 1.807) is 17.4 Å². The summed E-state index contributed by atoms with van der Waals surface area (Å²) < 4.78 is 25.2. The Kier molecular flexibility index (Phi) is 5.27. The summed E-state index contributed by atoms with van der Waals surface area (Å²) in [5.41, 5.74) is 0.922. The predicted octanol–water partition coefficient (Wildman–Crippen LogP) is 5.04. The lowest BCUT2D eigenvalue weighted by atomic mass is 10.3. The molecule has 0 unspecified atom stereocenters. The van der Waals surface area contributed by atoms with Crippen molar-refractivity contribution >= 4 is 39.1 Å². The molecule has 0 saturated heterocycles. The molecule has 1 amide bonds. The third-order valence-electron chi connectivity index (χ3n) is 3.88. The molecule has 0 atom stereocenters. The van der Waals surface area contributed by atoms with Crippen LogP contribution in [0.1, 0.15) is 5.76 Å². The Hall–Kier alpha value is -2.90. The van der Waals surface area contributed by atoms with Gasteiger partial charge in [-0.25, -0.2) is 9.37 Å². The number of para-hydroxylation sites is 1. The van der Waals surface area contributed by atoms with Crippen molar-refractivity contribution in [2.45, 2.75) is 6.54 Å². The van der Waals surface area contributed by atoms with Gasteiger partial charge in [-0.05, 0) is 42.5 Å². The number of carbonyl (C=O) groups is 1. The number of ether oxygens (including phenoxy) is 1. The maximum atomic E-state index is 13.0. The lowest BCUT2D eigenvalue weighted by Crippen LogP contribution is -2.28. The van der Waals surface area contributed by atoms with Gasteiger partial charge >= 0.3 is 0 Å². The quantitative estimate of drug-likeness (QED) is 0.478. The number of furan rings is 1. The summed E-state index contributed by atoms with van der Waals surface area (Å²) in [6, 6.07) is 15.2. The van der Waals surface area contributed by atoms with Gasteiger partial charge in [0.15, 0.2) is 17.4 Å². The van der Waals surface area contributed by atoms with E-state index >= 15 is 0 Å². The second-order valence-corrected chi connectivity index (χ2v) is 7.33. The van der Waals surface area contributed by atoms with Gasteiger partial charge in [-0.2, -0.15) is 0 Å². The van der Waals surface area contributed by atoms with Gasteiger partial charge in [-0.1, -0.05) is 23.7 Å². The van der Waals surface area contributed by atoms with Crippen molar-refractivity contribution in [1.82, 2.24) is 10.3 Å². The van der Waals surface area contributed by atoms with Crippen LogP contribution in [0.2, 0.25) is 5.02 Å². The van der Waals surface area contributed by atoms with E-state index in [2.05, 4.69) is 10.3 Å². The molecule has 28 heavy (non-hydrogen) atoms. The van der Waals surface area contributed by atoms with Crippen LogP contribution >= 0.6 is 22.9 Å². The van der Waals surface area contributed by atoms with Crippen LogP contribution in [-0.4, -0.2) is 17.5 Å². The van der Waals surface area contributed by atoms with Crippen molar-refractivity contribution in [3.63, 3.8) is 0 Å². The summed E-state index contributed by atoms with van der Waals surface area (Å²) in [5, 5.41) is 3.60. The standard InChI is InChI=1S/C20H14ClFN2O3S/c21-14-9-12(22)5-7-16(14)26-11-19(25)23-10-13-6-8-17(27-13)20-24-15-3-1-2-4-18(15)28-20/h1-9H,10-11H2,(H,23,25). The number of halogens is 2. The summed E-state index contributed by atoms with van der Waals surface area (Å²) in [7, 11) is 0. The molecule has 2 aromatic carbocycles. The van der Waals surface area contributed by atoms with Crippen LogP contribution in [0.5, 0.6) is 5.75 Å². The third kappa shape index (κ3) is 4.16. The molecule has 0 fully saturated rings. The molecule has 0 spiro atoms. The Morgan fingerprint density at radius 3 is 2.89 bits per heavy atom. The smallest absolute Gasteiger partial charge is 0.258 e. The number of carbonyl (C=O) groups excluding carboxylic acids is 1. The van der Waals surface area contributed by atoms with Crippen molar-refractivity contribution in [2.24, 2.45) is 0 Å². The molecule has 8 heteroatoms. The molecule has 0 aliphatic carbocycles. The largest absolute Gasteiger partial charge is 0.482 e. The lowest BCUT2D eigenvalue weighted by molar-refractivity contribution is -0.123. The maximum Gasteiger partial charge on any atom is 0.258 e. The van der Waals surface area contributed by atoms with Gasteiger partial charge in [0.2, 0.25) is 0 Å². The number of hydrogen-bond donors (Lipinski definition) is 1. The number of benzene rings is 2. The second kappa shape index (κ2) is 8.00. The topological polar surface area (TPSA) is 64.4 Å². The van der Waals surface area contributed by atoms with E-state index in [0.717, 1.165) is 21.3 Å². The van der Waals surface area contributed by atoms with Crippen molar-refractivity contribution in [3.05, 3.63) is 71.2 Å². The number of thiazole rings is 1. The van der Waals surface area contributed by atoms with E-state index in [0.29, 0.717) is 11.5 Å². The first-order valence-corrected chi connectivity index (χ1v) is 9.57. The van der Waals surface area contributed by atoms with Gasteiger partial charge in [0, 0.05) is 0 Å². The second-order valence-electron chi connectivity index (χ2n) is 5.89. The normalized spacial score (nSPS) is 10.9. The zero-order valence-electron chi connectivity index (χ0n) is 14.4. The fourth-order valence-corrected chi connectivity index (χ4v) is 3.69. The van der Waals surface area contributed by atoms with Gasteiger partial charge in [-0.3, -0.25) is 4.79 Å². The van der Waals surface area contributed by atoms with E-state index in [9.17, 15) is 9.18 Å². The fraction of sp³-hybridized carbons (Fsp3) is 0.100. The zero-order chi connectivity index (χ0) is 19.5. The lowest BCUT2D eigenvalue weighted by Gasteiger charge is -2.08. The minimum absolute atomic E-state index is 0.110. The first-order chi connectivity index (χ1) is 13.6. The maximum absolute atomic E-state index is 13.0. The van der Waals surface area contributed by atoms with E-state index in [-0.39, 0.29) is 29.8 Å². The van der Waals surface area contributed by atoms with Gasteiger partial charge in [0.1, 0.15) is 17.3 Å². The molecule has 0 bridgehead atoms. The van der Waals surface area contributed by atoms with Crippen LogP contribution in [0, 0.1) is 5.82 Å². The van der Waals surface area contributed by atoms with Crippen LogP contribution < -0.4 is 10.1 Å². The molecule has 1 N–H and O–H groups in total. The number of rotatable bonds is 6. The Balaban J connectivity index is 1.33. The van der Waals surface area contributed by atoms with Gasteiger partial charge in [0.05, 0.1) is 21.8 Å². The van der Waals surface area contributed by atoms with E-state index in [1.807, 2.05) is 30.3 Å². The molecule has 142 valence electrons. The first kappa shape index (κ1) is 18.5. The number of aromatic nitrogens is 1. The average Bonchev–Trinajstić information content (AvgIpc) is 3.32. The first-order valence-electron chi connectivity index (χ1n) is 8.38. The summed E-state index contributed by atoms with van der Waals surface area (Å²) in [6.45, 7) is -0.0268. The monoisotopic (exact) mass is 416 g/mol. The molecular formula is C20H14ClFN2O3S. The van der Waals surface area contributed by atoms with Crippen LogP contribution in [0.25, 0.3) is 21.0 Å². The summed E-state index contributed by atoms with van der Waals surface area (Å²) in [4.78, 5) is 16.5. The van der Waals surface area contributed by atoms with Gasteiger partial charge in [0.25, 0.3) is 5.91 Å². The number of nitrogens with zero attached hydrogens (tertiary/aromatic N) is 1. The van der Waals surface area contributed by atoms with Crippen molar-refractivity contribution < 1.29 is 18.3 Å². The number of amides is 1. The van der Waals surface area contributed by atoms with Crippen molar-refractivity contribution in [1.29, 1.82) is 0 Å². The van der Waals surface area contributed by atoms with Gasteiger partial charge < -0.3 is 14.5 Å². The molecule has 2 aromatic heterocycles.